The van der Waals surface area contributed by atoms with Crippen LogP contribution in [0.4, 0.5) is 5.69 Å². The zero-order valence-corrected chi connectivity index (χ0v) is 14.0. The second kappa shape index (κ2) is 7.57. The fourth-order valence-electron chi connectivity index (χ4n) is 2.86. The SMILES string of the molecule is Cc1cccc(C)c1NC(=O)CN1CCN(C(C)C(=O)O)CC1. The number of hydrogen-bond acceptors (Lipinski definition) is 4. The van der Waals surface area contributed by atoms with Crippen LogP contribution >= 0.6 is 0 Å². The minimum absolute atomic E-state index is 0.0258. The fourth-order valence-corrected chi connectivity index (χ4v) is 2.86. The van der Waals surface area contributed by atoms with E-state index in [1.807, 2.05) is 36.9 Å². The number of carboxylic acids is 1. The van der Waals surface area contributed by atoms with E-state index in [9.17, 15) is 9.59 Å². The molecule has 1 atom stereocenters. The van der Waals surface area contributed by atoms with Gasteiger partial charge in [-0.1, -0.05) is 18.2 Å². The maximum absolute atomic E-state index is 12.2. The summed E-state index contributed by atoms with van der Waals surface area (Å²) in [7, 11) is 0. The molecule has 23 heavy (non-hydrogen) atoms. The van der Waals surface area contributed by atoms with Crippen LogP contribution in [0, 0.1) is 13.8 Å². The first-order valence-corrected chi connectivity index (χ1v) is 7.93. The van der Waals surface area contributed by atoms with Gasteiger partial charge >= 0.3 is 5.97 Å². The zero-order valence-electron chi connectivity index (χ0n) is 14.0. The highest BCUT2D eigenvalue weighted by atomic mass is 16.4. The number of anilines is 1. The normalized spacial score (nSPS) is 17.7. The molecule has 2 rings (SSSR count). The average Bonchev–Trinajstić information content (AvgIpc) is 2.51. The van der Waals surface area contributed by atoms with Gasteiger partial charge in [0.25, 0.3) is 0 Å². The maximum Gasteiger partial charge on any atom is 0.320 e. The van der Waals surface area contributed by atoms with Gasteiger partial charge in [-0.2, -0.15) is 0 Å². The van der Waals surface area contributed by atoms with E-state index in [0.29, 0.717) is 32.7 Å². The van der Waals surface area contributed by atoms with Crippen molar-refractivity contribution in [1.29, 1.82) is 0 Å². The highest BCUT2D eigenvalue weighted by Crippen LogP contribution is 2.19. The molecule has 0 radical (unpaired) electrons. The number of aryl methyl sites for hydroxylation is 2. The largest absolute Gasteiger partial charge is 0.480 e. The Hall–Kier alpha value is -1.92. The Morgan fingerprint density at radius 1 is 1.17 bits per heavy atom. The molecule has 1 aromatic carbocycles. The summed E-state index contributed by atoms with van der Waals surface area (Å²) in [6, 6.07) is 5.47. The standard InChI is InChI=1S/C17H25N3O3/c1-12-5-4-6-13(2)16(12)18-15(21)11-19-7-9-20(10-8-19)14(3)17(22)23/h4-6,14H,7-11H2,1-3H3,(H,18,21)(H,22,23). The third kappa shape index (κ3) is 4.53. The molecule has 0 aromatic heterocycles. The average molecular weight is 319 g/mol. The molecule has 1 fully saturated rings. The molecule has 6 heteroatoms. The summed E-state index contributed by atoms with van der Waals surface area (Å²) in [5.41, 5.74) is 2.99. The summed E-state index contributed by atoms with van der Waals surface area (Å²) in [4.78, 5) is 27.2. The van der Waals surface area contributed by atoms with E-state index >= 15 is 0 Å². The summed E-state index contributed by atoms with van der Waals surface area (Å²) < 4.78 is 0. The number of hydrogen-bond donors (Lipinski definition) is 2. The predicted molar refractivity (Wildman–Crippen MR) is 89.7 cm³/mol. The van der Waals surface area contributed by atoms with E-state index in [2.05, 4.69) is 10.2 Å². The number of carbonyl (C=O) groups excluding carboxylic acids is 1. The molecule has 1 aliphatic heterocycles. The highest BCUT2D eigenvalue weighted by Gasteiger charge is 2.25. The molecule has 1 unspecified atom stereocenters. The van der Waals surface area contributed by atoms with Crippen molar-refractivity contribution >= 4 is 17.6 Å². The minimum atomic E-state index is -0.800. The summed E-state index contributed by atoms with van der Waals surface area (Å²) in [6.45, 7) is 8.75. The van der Waals surface area contributed by atoms with Gasteiger partial charge in [-0.25, -0.2) is 0 Å². The van der Waals surface area contributed by atoms with Crippen LogP contribution in [-0.2, 0) is 9.59 Å². The van der Waals surface area contributed by atoms with Crippen LogP contribution in [0.15, 0.2) is 18.2 Å². The van der Waals surface area contributed by atoms with E-state index in [4.69, 9.17) is 5.11 Å². The van der Waals surface area contributed by atoms with Gasteiger partial charge in [-0.15, -0.1) is 0 Å². The Morgan fingerprint density at radius 3 is 2.26 bits per heavy atom. The summed E-state index contributed by atoms with van der Waals surface area (Å²) >= 11 is 0. The number of benzene rings is 1. The third-order valence-electron chi connectivity index (χ3n) is 4.42. The van der Waals surface area contributed by atoms with Crippen molar-refractivity contribution in [2.75, 3.05) is 38.0 Å². The first-order chi connectivity index (χ1) is 10.9. The van der Waals surface area contributed by atoms with Crippen molar-refractivity contribution < 1.29 is 14.7 Å². The smallest absolute Gasteiger partial charge is 0.320 e. The summed E-state index contributed by atoms with van der Waals surface area (Å²) in [6.07, 6.45) is 0. The molecular formula is C17H25N3O3. The van der Waals surface area contributed by atoms with E-state index in [0.717, 1.165) is 16.8 Å². The quantitative estimate of drug-likeness (QED) is 0.857. The first-order valence-electron chi connectivity index (χ1n) is 7.93. The van der Waals surface area contributed by atoms with Gasteiger partial charge in [0.1, 0.15) is 6.04 Å². The number of nitrogens with zero attached hydrogens (tertiary/aromatic N) is 2. The van der Waals surface area contributed by atoms with E-state index in [1.165, 1.54) is 0 Å². The number of piperazine rings is 1. The van der Waals surface area contributed by atoms with Gasteiger partial charge in [-0.3, -0.25) is 19.4 Å². The van der Waals surface area contributed by atoms with Crippen LogP contribution in [-0.4, -0.2) is 65.5 Å². The second-order valence-corrected chi connectivity index (χ2v) is 6.14. The van der Waals surface area contributed by atoms with E-state index < -0.39 is 12.0 Å². The van der Waals surface area contributed by atoms with Crippen LogP contribution in [0.3, 0.4) is 0 Å². The van der Waals surface area contributed by atoms with Crippen molar-refractivity contribution in [3.8, 4) is 0 Å². The Balaban J connectivity index is 1.85. The molecule has 1 aliphatic rings. The number of carbonyl (C=O) groups is 2. The number of carboxylic acid groups (broad SMARTS) is 1. The van der Waals surface area contributed by atoms with Crippen LogP contribution in [0.1, 0.15) is 18.1 Å². The highest BCUT2D eigenvalue weighted by molar-refractivity contribution is 5.93. The number of nitrogens with one attached hydrogen (secondary N) is 1. The summed E-state index contributed by atoms with van der Waals surface area (Å²) in [5, 5.41) is 12.0. The first kappa shape index (κ1) is 17.4. The Kier molecular flexibility index (Phi) is 5.74. The van der Waals surface area contributed by atoms with Gasteiger partial charge in [0.15, 0.2) is 0 Å². The maximum atomic E-state index is 12.2. The van der Waals surface area contributed by atoms with Crippen LogP contribution in [0.25, 0.3) is 0 Å². The molecule has 1 saturated heterocycles. The minimum Gasteiger partial charge on any atom is -0.480 e. The van der Waals surface area contributed by atoms with Gasteiger partial charge < -0.3 is 10.4 Å². The molecular weight excluding hydrogens is 294 g/mol. The lowest BCUT2D eigenvalue weighted by Crippen LogP contribution is -2.52. The van der Waals surface area contributed by atoms with Gasteiger partial charge in [0, 0.05) is 31.9 Å². The summed E-state index contributed by atoms with van der Waals surface area (Å²) in [5.74, 6) is -0.826. The Bertz CT molecular complexity index is 560. The van der Waals surface area contributed by atoms with E-state index in [-0.39, 0.29) is 5.91 Å². The van der Waals surface area contributed by atoms with Crippen molar-refractivity contribution in [3.05, 3.63) is 29.3 Å². The zero-order chi connectivity index (χ0) is 17.0. The lowest BCUT2D eigenvalue weighted by atomic mass is 10.1. The van der Waals surface area contributed by atoms with Crippen molar-refractivity contribution in [3.63, 3.8) is 0 Å². The fraction of sp³-hybridized carbons (Fsp3) is 0.529. The molecule has 0 saturated carbocycles. The van der Waals surface area contributed by atoms with Crippen LogP contribution in [0.2, 0.25) is 0 Å². The molecule has 126 valence electrons. The monoisotopic (exact) mass is 319 g/mol. The molecule has 0 bridgehead atoms. The number of rotatable bonds is 5. The van der Waals surface area contributed by atoms with Gasteiger partial charge in [0.05, 0.1) is 6.54 Å². The molecule has 2 N–H and O–H groups in total. The van der Waals surface area contributed by atoms with Gasteiger partial charge in [0.2, 0.25) is 5.91 Å². The molecule has 1 aromatic rings. The van der Waals surface area contributed by atoms with Crippen LogP contribution in [0.5, 0.6) is 0 Å². The third-order valence-corrected chi connectivity index (χ3v) is 4.42. The predicted octanol–water partition coefficient (Wildman–Crippen LogP) is 1.33. The van der Waals surface area contributed by atoms with Crippen LogP contribution < -0.4 is 5.32 Å². The molecule has 1 heterocycles. The number of para-hydroxylation sites is 1. The molecule has 6 nitrogen and oxygen atoms in total. The van der Waals surface area contributed by atoms with Crippen molar-refractivity contribution in [2.24, 2.45) is 0 Å². The lowest BCUT2D eigenvalue weighted by molar-refractivity contribution is -0.143. The van der Waals surface area contributed by atoms with Crippen molar-refractivity contribution in [1.82, 2.24) is 9.80 Å². The Labute approximate surface area is 137 Å². The lowest BCUT2D eigenvalue weighted by Gasteiger charge is -2.36. The Morgan fingerprint density at radius 2 is 1.74 bits per heavy atom. The second-order valence-electron chi connectivity index (χ2n) is 6.14. The molecule has 0 aliphatic carbocycles. The van der Waals surface area contributed by atoms with E-state index in [1.54, 1.807) is 6.92 Å². The number of amides is 1. The molecule has 0 spiro atoms. The topological polar surface area (TPSA) is 72.9 Å². The number of aliphatic carboxylic acids is 1. The molecule has 1 amide bonds. The van der Waals surface area contributed by atoms with Gasteiger partial charge in [-0.05, 0) is 31.9 Å². The van der Waals surface area contributed by atoms with Crippen molar-refractivity contribution in [2.45, 2.75) is 26.8 Å².